The standard InChI is InChI=1S/C28H31F2N3O2S/c1-21-8-13-24(36-21)19-33(18-22-9-11-23(29)12-10-22)27(34)20-32(17-16-31-14-4-5-15-31)28(35)25-6-2-3-7-26(25)30/h2-3,6-13H,4-5,14-20H2,1H3. The molecule has 0 spiro atoms. The first-order chi connectivity index (χ1) is 17.4. The monoisotopic (exact) mass is 511 g/mol. The Morgan fingerprint density at radius 3 is 2.31 bits per heavy atom. The molecule has 1 aliphatic rings. The van der Waals surface area contributed by atoms with Crippen LogP contribution in [0.2, 0.25) is 0 Å². The molecule has 0 unspecified atom stereocenters. The summed E-state index contributed by atoms with van der Waals surface area (Å²) in [6.45, 7) is 5.40. The average Bonchev–Trinajstić information content (AvgIpc) is 3.54. The maximum Gasteiger partial charge on any atom is 0.257 e. The first kappa shape index (κ1) is 26.0. The van der Waals surface area contributed by atoms with Gasteiger partial charge in [0.2, 0.25) is 5.91 Å². The maximum absolute atomic E-state index is 14.5. The third kappa shape index (κ3) is 6.98. The van der Waals surface area contributed by atoms with E-state index in [4.69, 9.17) is 0 Å². The summed E-state index contributed by atoms with van der Waals surface area (Å²) in [4.78, 5) is 34.5. The van der Waals surface area contributed by atoms with E-state index in [2.05, 4.69) is 4.90 Å². The molecule has 190 valence electrons. The molecule has 2 amide bonds. The van der Waals surface area contributed by atoms with Gasteiger partial charge >= 0.3 is 0 Å². The van der Waals surface area contributed by atoms with Crippen LogP contribution in [-0.2, 0) is 17.9 Å². The van der Waals surface area contributed by atoms with Gasteiger partial charge in [0.1, 0.15) is 18.2 Å². The van der Waals surface area contributed by atoms with E-state index in [1.807, 2.05) is 19.1 Å². The fourth-order valence-electron chi connectivity index (χ4n) is 4.39. The second-order valence-corrected chi connectivity index (χ2v) is 10.5. The number of carbonyl (C=O) groups is 2. The molecule has 0 N–H and O–H groups in total. The summed E-state index contributed by atoms with van der Waals surface area (Å²) < 4.78 is 27.9. The zero-order valence-electron chi connectivity index (χ0n) is 20.5. The highest BCUT2D eigenvalue weighted by Crippen LogP contribution is 2.20. The molecule has 8 heteroatoms. The minimum absolute atomic E-state index is 0.0364. The fraction of sp³-hybridized carbons (Fsp3) is 0.357. The molecule has 36 heavy (non-hydrogen) atoms. The molecule has 0 radical (unpaired) electrons. The van der Waals surface area contributed by atoms with E-state index in [0.29, 0.717) is 19.6 Å². The Balaban J connectivity index is 1.54. The highest BCUT2D eigenvalue weighted by molar-refractivity contribution is 7.11. The summed E-state index contributed by atoms with van der Waals surface area (Å²) in [5, 5.41) is 0. The number of rotatable bonds is 10. The lowest BCUT2D eigenvalue weighted by molar-refractivity contribution is -0.133. The van der Waals surface area contributed by atoms with E-state index < -0.39 is 11.7 Å². The van der Waals surface area contributed by atoms with Crippen molar-refractivity contribution in [3.8, 4) is 0 Å². The Kier molecular flexibility index (Phi) is 8.83. The van der Waals surface area contributed by atoms with Crippen molar-refractivity contribution in [2.24, 2.45) is 0 Å². The molecule has 3 aromatic rings. The number of likely N-dealkylation sites (tertiary alicyclic amines) is 1. The second-order valence-electron chi connectivity index (χ2n) is 9.14. The predicted molar refractivity (Wildman–Crippen MR) is 138 cm³/mol. The molecule has 5 nitrogen and oxygen atoms in total. The molecule has 1 aromatic heterocycles. The van der Waals surface area contributed by atoms with Gasteiger partial charge in [-0.2, -0.15) is 0 Å². The number of aryl methyl sites for hydroxylation is 1. The Morgan fingerprint density at radius 1 is 0.917 bits per heavy atom. The van der Waals surface area contributed by atoms with Gasteiger partial charge in [-0.3, -0.25) is 9.59 Å². The summed E-state index contributed by atoms with van der Waals surface area (Å²) in [5.74, 6) is -1.67. The zero-order chi connectivity index (χ0) is 25.5. The van der Waals surface area contributed by atoms with Crippen molar-refractivity contribution < 1.29 is 18.4 Å². The maximum atomic E-state index is 14.5. The first-order valence-electron chi connectivity index (χ1n) is 12.2. The minimum Gasteiger partial charge on any atom is -0.332 e. The van der Waals surface area contributed by atoms with Crippen LogP contribution in [0.4, 0.5) is 8.78 Å². The highest BCUT2D eigenvalue weighted by atomic mass is 32.1. The number of nitrogens with zero attached hydrogens (tertiary/aromatic N) is 3. The van der Waals surface area contributed by atoms with Crippen LogP contribution < -0.4 is 0 Å². The Labute approximate surface area is 214 Å². The van der Waals surface area contributed by atoms with Crippen LogP contribution in [0.15, 0.2) is 60.7 Å². The van der Waals surface area contributed by atoms with E-state index in [1.54, 1.807) is 40.5 Å². The first-order valence-corrected chi connectivity index (χ1v) is 13.0. The van der Waals surface area contributed by atoms with Crippen molar-refractivity contribution in [2.45, 2.75) is 32.9 Å². The largest absolute Gasteiger partial charge is 0.332 e. The molecular formula is C28H31F2N3O2S. The molecule has 0 atom stereocenters. The number of amides is 2. The molecule has 4 rings (SSSR count). The van der Waals surface area contributed by atoms with Crippen molar-refractivity contribution in [3.63, 3.8) is 0 Å². The van der Waals surface area contributed by atoms with Crippen molar-refractivity contribution in [1.82, 2.24) is 14.7 Å². The molecule has 1 aliphatic heterocycles. The summed E-state index contributed by atoms with van der Waals surface area (Å²) in [6, 6.07) is 15.9. The van der Waals surface area contributed by atoms with Crippen LogP contribution in [0.1, 0.15) is 38.5 Å². The van der Waals surface area contributed by atoms with E-state index >= 15 is 0 Å². The molecular weight excluding hydrogens is 480 g/mol. The normalized spacial score (nSPS) is 13.6. The predicted octanol–water partition coefficient (Wildman–Crippen LogP) is 5.10. The lowest BCUT2D eigenvalue weighted by Crippen LogP contribution is -2.45. The van der Waals surface area contributed by atoms with Crippen molar-refractivity contribution in [3.05, 3.63) is 93.2 Å². The number of hydrogen-bond acceptors (Lipinski definition) is 4. The van der Waals surface area contributed by atoms with Gasteiger partial charge in [0, 0.05) is 29.4 Å². The average molecular weight is 512 g/mol. The lowest BCUT2D eigenvalue weighted by Gasteiger charge is -2.29. The molecule has 0 bridgehead atoms. The van der Waals surface area contributed by atoms with Crippen molar-refractivity contribution in [1.29, 1.82) is 0 Å². The van der Waals surface area contributed by atoms with E-state index in [0.717, 1.165) is 41.2 Å². The van der Waals surface area contributed by atoms with Crippen molar-refractivity contribution in [2.75, 3.05) is 32.7 Å². The van der Waals surface area contributed by atoms with Gasteiger partial charge in [0.15, 0.2) is 0 Å². The molecule has 0 aliphatic carbocycles. The Morgan fingerprint density at radius 2 is 1.64 bits per heavy atom. The quantitative estimate of drug-likeness (QED) is 0.380. The van der Waals surface area contributed by atoms with Gasteiger partial charge < -0.3 is 14.7 Å². The van der Waals surface area contributed by atoms with Gasteiger partial charge in [0.05, 0.1) is 12.1 Å². The van der Waals surface area contributed by atoms with Crippen LogP contribution in [0.5, 0.6) is 0 Å². The van der Waals surface area contributed by atoms with Crippen LogP contribution in [0.3, 0.4) is 0 Å². The van der Waals surface area contributed by atoms with Gasteiger partial charge in [-0.1, -0.05) is 24.3 Å². The summed E-state index contributed by atoms with van der Waals surface area (Å²) >= 11 is 1.61. The topological polar surface area (TPSA) is 43.9 Å². The van der Waals surface area contributed by atoms with E-state index in [-0.39, 0.29) is 30.4 Å². The molecule has 2 aromatic carbocycles. The number of halogens is 2. The van der Waals surface area contributed by atoms with Crippen LogP contribution in [0.25, 0.3) is 0 Å². The minimum atomic E-state index is -0.599. The zero-order valence-corrected chi connectivity index (χ0v) is 21.3. The summed E-state index contributed by atoms with van der Waals surface area (Å²) in [5.41, 5.74) is 0.757. The van der Waals surface area contributed by atoms with Crippen LogP contribution >= 0.6 is 11.3 Å². The number of benzene rings is 2. The number of hydrogen-bond donors (Lipinski definition) is 0. The highest BCUT2D eigenvalue weighted by Gasteiger charge is 2.25. The number of thiophene rings is 1. The smallest absolute Gasteiger partial charge is 0.257 e. The fourth-order valence-corrected chi connectivity index (χ4v) is 5.30. The Bertz CT molecular complexity index is 1180. The molecule has 1 fully saturated rings. The molecule has 1 saturated heterocycles. The summed E-state index contributed by atoms with van der Waals surface area (Å²) in [7, 11) is 0. The van der Waals surface area contributed by atoms with E-state index in [1.165, 1.54) is 29.2 Å². The van der Waals surface area contributed by atoms with E-state index in [9.17, 15) is 18.4 Å². The van der Waals surface area contributed by atoms with Gasteiger partial charge in [-0.25, -0.2) is 8.78 Å². The second kappa shape index (κ2) is 12.2. The van der Waals surface area contributed by atoms with Gasteiger partial charge in [-0.05, 0) is 74.8 Å². The van der Waals surface area contributed by atoms with Crippen molar-refractivity contribution >= 4 is 23.2 Å². The summed E-state index contributed by atoms with van der Waals surface area (Å²) in [6.07, 6.45) is 2.23. The third-order valence-electron chi connectivity index (χ3n) is 6.38. The van der Waals surface area contributed by atoms with Crippen LogP contribution in [0, 0.1) is 18.6 Å². The number of carbonyl (C=O) groups excluding carboxylic acids is 2. The Hall–Kier alpha value is -3.10. The molecule has 2 heterocycles. The molecule has 0 saturated carbocycles. The van der Waals surface area contributed by atoms with Gasteiger partial charge in [0.25, 0.3) is 5.91 Å². The SMILES string of the molecule is Cc1ccc(CN(Cc2ccc(F)cc2)C(=O)CN(CCN2CCCC2)C(=O)c2ccccc2F)s1. The lowest BCUT2D eigenvalue weighted by atomic mass is 10.1. The van der Waals surface area contributed by atoms with Gasteiger partial charge in [-0.15, -0.1) is 11.3 Å². The van der Waals surface area contributed by atoms with Crippen LogP contribution in [-0.4, -0.2) is 59.2 Å². The third-order valence-corrected chi connectivity index (χ3v) is 7.37.